The second kappa shape index (κ2) is 5.78. The SMILES string of the molecule is COc1ccc2ccnc(NCCc3ncn(C)n3)c2c1. The van der Waals surface area contributed by atoms with Gasteiger partial charge < -0.3 is 10.1 Å². The number of aromatic nitrogens is 4. The molecule has 21 heavy (non-hydrogen) atoms. The lowest BCUT2D eigenvalue weighted by atomic mass is 10.1. The van der Waals surface area contributed by atoms with Gasteiger partial charge in [0.15, 0.2) is 5.82 Å². The lowest BCUT2D eigenvalue weighted by Gasteiger charge is -2.09. The van der Waals surface area contributed by atoms with Crippen LogP contribution in [0.4, 0.5) is 5.82 Å². The van der Waals surface area contributed by atoms with Gasteiger partial charge in [-0.2, -0.15) is 5.10 Å². The summed E-state index contributed by atoms with van der Waals surface area (Å²) in [4.78, 5) is 8.61. The van der Waals surface area contributed by atoms with E-state index in [2.05, 4.69) is 20.4 Å². The average molecular weight is 283 g/mol. The van der Waals surface area contributed by atoms with Crippen LogP contribution < -0.4 is 10.1 Å². The molecule has 3 rings (SSSR count). The third-order valence-corrected chi connectivity index (χ3v) is 3.26. The highest BCUT2D eigenvalue weighted by molar-refractivity contribution is 5.92. The maximum Gasteiger partial charge on any atom is 0.152 e. The van der Waals surface area contributed by atoms with Gasteiger partial charge in [-0.15, -0.1) is 0 Å². The second-order valence-corrected chi connectivity index (χ2v) is 4.76. The number of ether oxygens (including phenoxy) is 1. The molecule has 0 aliphatic heterocycles. The first-order chi connectivity index (χ1) is 10.3. The Morgan fingerprint density at radius 3 is 2.90 bits per heavy atom. The van der Waals surface area contributed by atoms with E-state index in [4.69, 9.17) is 4.74 Å². The lowest BCUT2D eigenvalue weighted by Crippen LogP contribution is -2.08. The summed E-state index contributed by atoms with van der Waals surface area (Å²) in [6, 6.07) is 7.95. The Bertz CT molecular complexity index is 753. The molecule has 0 fully saturated rings. The summed E-state index contributed by atoms with van der Waals surface area (Å²) in [7, 11) is 3.53. The molecule has 0 radical (unpaired) electrons. The highest BCUT2D eigenvalue weighted by atomic mass is 16.5. The molecule has 2 aromatic heterocycles. The van der Waals surface area contributed by atoms with Gasteiger partial charge >= 0.3 is 0 Å². The zero-order valence-electron chi connectivity index (χ0n) is 12.1. The number of methoxy groups -OCH3 is 1. The van der Waals surface area contributed by atoms with Crippen LogP contribution in [0.25, 0.3) is 10.8 Å². The monoisotopic (exact) mass is 283 g/mol. The summed E-state index contributed by atoms with van der Waals surface area (Å²) in [6.45, 7) is 0.730. The van der Waals surface area contributed by atoms with Gasteiger partial charge in [-0.25, -0.2) is 9.97 Å². The number of nitrogens with zero attached hydrogens (tertiary/aromatic N) is 4. The Morgan fingerprint density at radius 1 is 1.24 bits per heavy atom. The number of benzene rings is 1. The third kappa shape index (κ3) is 2.94. The predicted octanol–water partition coefficient (Wildman–Crippen LogP) is 2.03. The lowest BCUT2D eigenvalue weighted by molar-refractivity contribution is 0.415. The van der Waals surface area contributed by atoms with Crippen molar-refractivity contribution in [2.75, 3.05) is 19.0 Å². The topological polar surface area (TPSA) is 64.9 Å². The van der Waals surface area contributed by atoms with Crippen LogP contribution in [0, 0.1) is 0 Å². The number of hydrogen-bond acceptors (Lipinski definition) is 5. The first-order valence-corrected chi connectivity index (χ1v) is 6.77. The molecule has 0 aliphatic carbocycles. The van der Waals surface area contributed by atoms with Crippen LogP contribution in [0.2, 0.25) is 0 Å². The van der Waals surface area contributed by atoms with Crippen LogP contribution in [-0.4, -0.2) is 33.4 Å². The highest BCUT2D eigenvalue weighted by Gasteiger charge is 2.05. The number of nitrogens with one attached hydrogen (secondary N) is 1. The van der Waals surface area contributed by atoms with E-state index in [-0.39, 0.29) is 0 Å². The second-order valence-electron chi connectivity index (χ2n) is 4.76. The van der Waals surface area contributed by atoms with Crippen molar-refractivity contribution in [3.8, 4) is 5.75 Å². The molecule has 1 N–H and O–H groups in total. The molecule has 0 unspecified atom stereocenters. The molecule has 1 aromatic carbocycles. The Kier molecular flexibility index (Phi) is 3.68. The van der Waals surface area contributed by atoms with E-state index in [0.29, 0.717) is 0 Å². The maximum atomic E-state index is 5.28. The number of pyridine rings is 1. The normalized spacial score (nSPS) is 10.8. The molecule has 0 amide bonds. The minimum Gasteiger partial charge on any atom is -0.497 e. The van der Waals surface area contributed by atoms with Gasteiger partial charge in [0.25, 0.3) is 0 Å². The average Bonchev–Trinajstić information content (AvgIpc) is 2.92. The van der Waals surface area contributed by atoms with Gasteiger partial charge in [0.1, 0.15) is 17.9 Å². The fraction of sp³-hybridized carbons (Fsp3) is 0.267. The van der Waals surface area contributed by atoms with Crippen LogP contribution in [0.1, 0.15) is 5.82 Å². The van der Waals surface area contributed by atoms with Crippen molar-refractivity contribution in [2.45, 2.75) is 6.42 Å². The number of rotatable bonds is 5. The zero-order chi connectivity index (χ0) is 14.7. The van der Waals surface area contributed by atoms with Crippen LogP contribution in [0.5, 0.6) is 5.75 Å². The molecule has 6 heteroatoms. The van der Waals surface area contributed by atoms with Crippen LogP contribution in [0.3, 0.4) is 0 Å². The number of anilines is 1. The molecule has 3 aromatic rings. The van der Waals surface area contributed by atoms with E-state index in [9.17, 15) is 0 Å². The highest BCUT2D eigenvalue weighted by Crippen LogP contribution is 2.25. The standard InChI is InChI=1S/C15H17N5O/c1-20-10-18-14(19-20)6-8-17-15-13-9-12(21-2)4-3-11(13)5-7-16-15/h3-5,7,9-10H,6,8H2,1-2H3,(H,16,17). The third-order valence-electron chi connectivity index (χ3n) is 3.26. The molecular weight excluding hydrogens is 266 g/mol. The summed E-state index contributed by atoms with van der Waals surface area (Å²) in [6.07, 6.45) is 4.26. The number of fused-ring (bicyclic) bond motifs is 1. The Morgan fingerprint density at radius 2 is 2.14 bits per heavy atom. The summed E-state index contributed by atoms with van der Waals surface area (Å²) in [5, 5.41) is 9.77. The van der Waals surface area contributed by atoms with Crippen LogP contribution in [-0.2, 0) is 13.5 Å². The van der Waals surface area contributed by atoms with Gasteiger partial charge in [-0.05, 0) is 23.6 Å². The van der Waals surface area contributed by atoms with E-state index in [0.717, 1.165) is 41.1 Å². The molecular formula is C15H17N5O. The molecule has 0 spiro atoms. The Labute approximate surface area is 122 Å². The van der Waals surface area contributed by atoms with Gasteiger partial charge in [-0.1, -0.05) is 6.07 Å². The minimum atomic E-state index is 0.730. The molecule has 0 aliphatic rings. The van der Waals surface area contributed by atoms with E-state index < -0.39 is 0 Å². The van der Waals surface area contributed by atoms with Crippen molar-refractivity contribution in [3.63, 3.8) is 0 Å². The molecule has 0 saturated heterocycles. The van der Waals surface area contributed by atoms with Crippen molar-refractivity contribution in [3.05, 3.63) is 42.6 Å². The number of hydrogen-bond donors (Lipinski definition) is 1. The van der Waals surface area contributed by atoms with Crippen molar-refractivity contribution < 1.29 is 4.74 Å². The first kappa shape index (κ1) is 13.4. The predicted molar refractivity (Wildman–Crippen MR) is 81.5 cm³/mol. The fourth-order valence-corrected chi connectivity index (χ4v) is 2.21. The van der Waals surface area contributed by atoms with Gasteiger partial charge in [0.05, 0.1) is 7.11 Å². The first-order valence-electron chi connectivity index (χ1n) is 6.77. The van der Waals surface area contributed by atoms with Crippen molar-refractivity contribution >= 4 is 16.6 Å². The minimum absolute atomic E-state index is 0.730. The summed E-state index contributed by atoms with van der Waals surface area (Å²) in [5.41, 5.74) is 0. The zero-order valence-corrected chi connectivity index (χ0v) is 12.1. The van der Waals surface area contributed by atoms with Crippen molar-refractivity contribution in [1.82, 2.24) is 19.7 Å². The quantitative estimate of drug-likeness (QED) is 0.776. The van der Waals surface area contributed by atoms with E-state index in [1.165, 1.54) is 0 Å². The van der Waals surface area contributed by atoms with E-state index >= 15 is 0 Å². The molecule has 0 atom stereocenters. The summed E-state index contributed by atoms with van der Waals surface area (Å²) >= 11 is 0. The van der Waals surface area contributed by atoms with Crippen LogP contribution >= 0.6 is 0 Å². The Hall–Kier alpha value is -2.63. The van der Waals surface area contributed by atoms with Crippen molar-refractivity contribution in [2.24, 2.45) is 7.05 Å². The van der Waals surface area contributed by atoms with Crippen molar-refractivity contribution in [1.29, 1.82) is 0 Å². The molecule has 2 heterocycles. The molecule has 0 saturated carbocycles. The summed E-state index contributed by atoms with van der Waals surface area (Å²) < 4.78 is 6.98. The smallest absolute Gasteiger partial charge is 0.152 e. The molecule has 6 nitrogen and oxygen atoms in total. The largest absolute Gasteiger partial charge is 0.497 e. The fourth-order valence-electron chi connectivity index (χ4n) is 2.21. The molecule has 108 valence electrons. The van der Waals surface area contributed by atoms with Gasteiger partial charge in [-0.3, -0.25) is 4.68 Å². The van der Waals surface area contributed by atoms with Gasteiger partial charge in [0.2, 0.25) is 0 Å². The van der Waals surface area contributed by atoms with Crippen LogP contribution in [0.15, 0.2) is 36.8 Å². The van der Waals surface area contributed by atoms with Gasteiger partial charge in [0, 0.05) is 31.6 Å². The van der Waals surface area contributed by atoms with E-state index in [1.807, 2.05) is 31.3 Å². The maximum absolute atomic E-state index is 5.28. The number of aryl methyl sites for hydroxylation is 1. The molecule has 0 bridgehead atoms. The van der Waals surface area contributed by atoms with E-state index in [1.54, 1.807) is 24.3 Å². The Balaban J connectivity index is 1.76. The summed E-state index contributed by atoms with van der Waals surface area (Å²) in [5.74, 6) is 2.50.